The van der Waals surface area contributed by atoms with Gasteiger partial charge in [-0.1, -0.05) is 66.7 Å². The number of carbonyl (C=O) groups excluding carboxylic acids is 2. The van der Waals surface area contributed by atoms with Gasteiger partial charge in [-0.2, -0.15) is 0 Å². The van der Waals surface area contributed by atoms with Crippen LogP contribution in [0, 0.1) is 0 Å². The molecule has 0 radical (unpaired) electrons. The van der Waals surface area contributed by atoms with Crippen LogP contribution in [-0.2, 0) is 9.53 Å². The molecule has 3 rings (SSSR count). The Bertz CT molecular complexity index is 902. The molecule has 0 spiro atoms. The van der Waals surface area contributed by atoms with Gasteiger partial charge in [0, 0.05) is 11.5 Å². The molecular weight excluding hydrogens is 354 g/mol. The van der Waals surface area contributed by atoms with E-state index >= 15 is 0 Å². The fourth-order valence-corrected chi connectivity index (χ4v) is 3.18. The third-order valence-electron chi connectivity index (χ3n) is 4.50. The second-order valence-corrected chi connectivity index (χ2v) is 6.32. The average molecular weight is 375 g/mol. The van der Waals surface area contributed by atoms with Crippen LogP contribution in [0.1, 0.15) is 27.4 Å². The molecule has 5 nitrogen and oxygen atoms in total. The van der Waals surface area contributed by atoms with E-state index in [2.05, 4.69) is 5.32 Å². The van der Waals surface area contributed by atoms with Gasteiger partial charge in [-0.3, -0.25) is 4.79 Å². The Morgan fingerprint density at radius 2 is 1.43 bits per heavy atom. The highest BCUT2D eigenvalue weighted by Gasteiger charge is 2.33. The number of aromatic hydroxyl groups is 1. The predicted molar refractivity (Wildman–Crippen MR) is 106 cm³/mol. The van der Waals surface area contributed by atoms with E-state index < -0.39 is 23.8 Å². The van der Waals surface area contributed by atoms with Crippen LogP contribution < -0.4 is 5.32 Å². The quantitative estimate of drug-likeness (QED) is 0.647. The number of phenolic OH excluding ortho intramolecular Hbond substituents is 1. The molecule has 0 aliphatic heterocycles. The minimum Gasteiger partial charge on any atom is -0.508 e. The van der Waals surface area contributed by atoms with Crippen molar-refractivity contribution in [2.75, 3.05) is 7.11 Å². The number of nitrogens with one attached hydrogen (secondary N) is 1. The van der Waals surface area contributed by atoms with Gasteiger partial charge in [0.15, 0.2) is 0 Å². The number of ether oxygens (including phenoxy) is 1. The lowest BCUT2D eigenvalue weighted by Crippen LogP contribution is -2.46. The van der Waals surface area contributed by atoms with E-state index in [4.69, 9.17) is 4.74 Å². The summed E-state index contributed by atoms with van der Waals surface area (Å²) in [5.41, 5.74) is 2.01. The van der Waals surface area contributed by atoms with Gasteiger partial charge in [-0.05, 0) is 29.3 Å². The lowest BCUT2D eigenvalue weighted by molar-refractivity contribution is -0.143. The van der Waals surface area contributed by atoms with E-state index in [0.717, 1.165) is 11.1 Å². The molecule has 0 unspecified atom stereocenters. The summed E-state index contributed by atoms with van der Waals surface area (Å²) in [6.07, 6.45) is 0. The molecule has 28 heavy (non-hydrogen) atoms. The van der Waals surface area contributed by atoms with Gasteiger partial charge in [0.25, 0.3) is 5.91 Å². The normalized spacial score (nSPS) is 11.6. The van der Waals surface area contributed by atoms with Gasteiger partial charge in [-0.15, -0.1) is 0 Å². The first-order valence-corrected chi connectivity index (χ1v) is 8.87. The topological polar surface area (TPSA) is 75.6 Å². The zero-order valence-electron chi connectivity index (χ0n) is 15.4. The van der Waals surface area contributed by atoms with Crippen LogP contribution >= 0.6 is 0 Å². The van der Waals surface area contributed by atoms with Crippen LogP contribution in [0.25, 0.3) is 0 Å². The molecular formula is C23H21NO4. The van der Waals surface area contributed by atoms with Crippen LogP contribution in [-0.4, -0.2) is 30.1 Å². The van der Waals surface area contributed by atoms with E-state index in [-0.39, 0.29) is 11.3 Å². The average Bonchev–Trinajstić information content (AvgIpc) is 2.74. The predicted octanol–water partition coefficient (Wildman–Crippen LogP) is 3.50. The summed E-state index contributed by atoms with van der Waals surface area (Å²) in [6, 6.07) is 24.0. The van der Waals surface area contributed by atoms with Crippen molar-refractivity contribution in [2.24, 2.45) is 0 Å². The molecule has 0 bridgehead atoms. The van der Waals surface area contributed by atoms with Crippen molar-refractivity contribution in [3.63, 3.8) is 0 Å². The zero-order chi connectivity index (χ0) is 19.9. The Morgan fingerprint density at radius 1 is 0.857 bits per heavy atom. The lowest BCUT2D eigenvalue weighted by atomic mass is 9.84. The number of amides is 1. The third kappa shape index (κ3) is 4.38. The molecule has 3 aromatic rings. The summed E-state index contributed by atoms with van der Waals surface area (Å²) in [4.78, 5) is 25.4. The fourth-order valence-electron chi connectivity index (χ4n) is 3.18. The number of carbonyl (C=O) groups is 2. The van der Waals surface area contributed by atoms with E-state index in [1.54, 1.807) is 12.1 Å². The largest absolute Gasteiger partial charge is 0.508 e. The van der Waals surface area contributed by atoms with Gasteiger partial charge >= 0.3 is 5.97 Å². The maximum Gasteiger partial charge on any atom is 0.329 e. The van der Waals surface area contributed by atoms with Gasteiger partial charge in [-0.25, -0.2) is 4.79 Å². The van der Waals surface area contributed by atoms with Crippen molar-refractivity contribution >= 4 is 11.9 Å². The molecule has 0 fully saturated rings. The maximum atomic E-state index is 12.8. The third-order valence-corrected chi connectivity index (χ3v) is 4.50. The first-order valence-electron chi connectivity index (χ1n) is 8.87. The highest BCUT2D eigenvalue weighted by Crippen LogP contribution is 2.29. The summed E-state index contributed by atoms with van der Waals surface area (Å²) in [7, 11) is 1.29. The number of phenols is 1. The number of benzene rings is 3. The molecule has 0 aromatic heterocycles. The van der Waals surface area contributed by atoms with Gasteiger partial charge in [0.2, 0.25) is 0 Å². The summed E-state index contributed by atoms with van der Waals surface area (Å²) >= 11 is 0. The smallest absolute Gasteiger partial charge is 0.329 e. The molecule has 1 amide bonds. The molecule has 3 aromatic carbocycles. The molecule has 1 atom stereocenters. The van der Waals surface area contributed by atoms with Crippen LogP contribution in [0.5, 0.6) is 5.75 Å². The van der Waals surface area contributed by atoms with E-state index in [1.807, 2.05) is 60.7 Å². The second kappa shape index (κ2) is 8.86. The summed E-state index contributed by atoms with van der Waals surface area (Å²) in [5.74, 6) is -1.48. The molecule has 0 saturated carbocycles. The van der Waals surface area contributed by atoms with Gasteiger partial charge in [0.1, 0.15) is 11.8 Å². The Balaban J connectivity index is 2.01. The number of rotatable bonds is 6. The van der Waals surface area contributed by atoms with Crippen molar-refractivity contribution in [2.45, 2.75) is 12.0 Å². The van der Waals surface area contributed by atoms with Crippen molar-refractivity contribution in [1.29, 1.82) is 0 Å². The van der Waals surface area contributed by atoms with E-state index in [9.17, 15) is 14.7 Å². The first kappa shape index (κ1) is 19.2. The Hall–Kier alpha value is -3.60. The molecule has 2 N–H and O–H groups in total. The summed E-state index contributed by atoms with van der Waals surface area (Å²) in [5, 5.41) is 12.4. The van der Waals surface area contributed by atoms with Crippen LogP contribution in [0.2, 0.25) is 0 Å². The zero-order valence-corrected chi connectivity index (χ0v) is 15.4. The van der Waals surface area contributed by atoms with Gasteiger partial charge in [0.05, 0.1) is 7.11 Å². The van der Waals surface area contributed by atoms with Crippen LogP contribution in [0.3, 0.4) is 0 Å². The standard InChI is InChI=1S/C23H21NO4/c1-28-23(27)21(24-22(26)18-13-8-14-19(25)15-18)20(16-9-4-2-5-10-16)17-11-6-3-7-12-17/h2-15,20-21,25H,1H3,(H,24,26)/t21-/m1/s1. The van der Waals surface area contributed by atoms with Crippen LogP contribution in [0.4, 0.5) is 0 Å². The van der Waals surface area contributed by atoms with Gasteiger partial charge < -0.3 is 15.2 Å². The molecule has 5 heteroatoms. The number of hydrogen-bond acceptors (Lipinski definition) is 4. The molecule has 142 valence electrons. The summed E-state index contributed by atoms with van der Waals surface area (Å²) < 4.78 is 4.99. The Morgan fingerprint density at radius 3 is 1.93 bits per heavy atom. The van der Waals surface area contributed by atoms with Crippen molar-refractivity contribution < 1.29 is 19.4 Å². The van der Waals surface area contributed by atoms with Crippen LogP contribution in [0.15, 0.2) is 84.9 Å². The first-order chi connectivity index (χ1) is 13.6. The highest BCUT2D eigenvalue weighted by molar-refractivity contribution is 5.97. The molecule has 0 aliphatic carbocycles. The number of methoxy groups -OCH3 is 1. The summed E-state index contributed by atoms with van der Waals surface area (Å²) in [6.45, 7) is 0. The lowest BCUT2D eigenvalue weighted by Gasteiger charge is -2.27. The fraction of sp³-hybridized carbons (Fsp3) is 0.130. The van der Waals surface area contributed by atoms with Crippen molar-refractivity contribution in [3.8, 4) is 5.75 Å². The minimum absolute atomic E-state index is 0.0232. The monoisotopic (exact) mass is 375 g/mol. The maximum absolute atomic E-state index is 12.8. The minimum atomic E-state index is -0.940. The Kier molecular flexibility index (Phi) is 6.07. The number of esters is 1. The SMILES string of the molecule is COC(=O)[C@H](NC(=O)c1cccc(O)c1)C(c1ccccc1)c1ccccc1. The second-order valence-electron chi connectivity index (χ2n) is 6.32. The van der Waals surface area contributed by atoms with E-state index in [0.29, 0.717) is 0 Å². The molecule has 0 heterocycles. The van der Waals surface area contributed by atoms with Crippen molar-refractivity contribution in [1.82, 2.24) is 5.32 Å². The molecule has 0 aliphatic rings. The van der Waals surface area contributed by atoms with E-state index in [1.165, 1.54) is 19.2 Å². The molecule has 0 saturated heterocycles. The Labute approximate surface area is 163 Å². The van der Waals surface area contributed by atoms with Crippen molar-refractivity contribution in [3.05, 3.63) is 102 Å². The highest BCUT2D eigenvalue weighted by atomic mass is 16.5. The number of hydrogen-bond donors (Lipinski definition) is 2.